The summed E-state index contributed by atoms with van der Waals surface area (Å²) in [5, 5.41) is 15.0. The maximum Gasteiger partial charge on any atom is 0.315 e. The molecule has 3 N–H and O–H groups in total. The molecule has 1 fully saturated rings. The van der Waals surface area contributed by atoms with Crippen LogP contribution in [-0.4, -0.2) is 29.8 Å². The molecule has 1 saturated carbocycles. The van der Waals surface area contributed by atoms with Crippen LogP contribution in [0, 0.1) is 5.92 Å². The Hall–Kier alpha value is -1.95. The SMILES string of the molecule is O=C(NCc1cc(Cl)cc2c1OCC2)NC1CC(C(=O)O)C1. The number of carboxylic acid groups (broad SMARTS) is 1. The fourth-order valence-corrected chi connectivity index (χ4v) is 3.09. The van der Waals surface area contributed by atoms with Gasteiger partial charge in [0.25, 0.3) is 0 Å². The van der Waals surface area contributed by atoms with Crippen molar-refractivity contribution in [1.29, 1.82) is 0 Å². The van der Waals surface area contributed by atoms with Crippen LogP contribution in [0.25, 0.3) is 0 Å². The Balaban J connectivity index is 1.51. The van der Waals surface area contributed by atoms with Gasteiger partial charge in [-0.25, -0.2) is 4.79 Å². The molecule has 1 aliphatic heterocycles. The maximum atomic E-state index is 11.8. The average Bonchev–Trinajstić information content (AvgIpc) is 2.87. The van der Waals surface area contributed by atoms with E-state index < -0.39 is 5.97 Å². The molecule has 22 heavy (non-hydrogen) atoms. The Morgan fingerprint density at radius 1 is 1.36 bits per heavy atom. The lowest BCUT2D eigenvalue weighted by molar-refractivity contribution is -0.145. The van der Waals surface area contributed by atoms with E-state index in [0.29, 0.717) is 31.0 Å². The number of hydrogen-bond donors (Lipinski definition) is 3. The first-order valence-electron chi connectivity index (χ1n) is 7.24. The number of carboxylic acids is 1. The van der Waals surface area contributed by atoms with Crippen LogP contribution in [-0.2, 0) is 17.8 Å². The number of nitrogens with one attached hydrogen (secondary N) is 2. The van der Waals surface area contributed by atoms with E-state index in [1.165, 1.54) is 0 Å². The highest BCUT2D eigenvalue weighted by Gasteiger charge is 2.35. The monoisotopic (exact) mass is 324 g/mol. The van der Waals surface area contributed by atoms with Crippen LogP contribution in [0.2, 0.25) is 5.02 Å². The summed E-state index contributed by atoms with van der Waals surface area (Å²) in [5.74, 6) is -0.334. The van der Waals surface area contributed by atoms with Crippen LogP contribution >= 0.6 is 11.6 Å². The number of aliphatic carboxylic acids is 1. The second-order valence-electron chi connectivity index (χ2n) is 5.68. The molecule has 0 saturated heterocycles. The van der Waals surface area contributed by atoms with Gasteiger partial charge in [-0.2, -0.15) is 0 Å². The van der Waals surface area contributed by atoms with Crippen molar-refractivity contribution in [3.63, 3.8) is 0 Å². The van der Waals surface area contributed by atoms with Gasteiger partial charge in [-0.15, -0.1) is 0 Å². The van der Waals surface area contributed by atoms with Gasteiger partial charge in [-0.3, -0.25) is 4.79 Å². The molecule has 6 nitrogen and oxygen atoms in total. The van der Waals surface area contributed by atoms with Crippen molar-refractivity contribution in [2.45, 2.75) is 31.8 Å². The van der Waals surface area contributed by atoms with E-state index in [9.17, 15) is 9.59 Å². The lowest BCUT2D eigenvalue weighted by Gasteiger charge is -2.32. The van der Waals surface area contributed by atoms with Gasteiger partial charge < -0.3 is 20.5 Å². The number of urea groups is 1. The third-order valence-electron chi connectivity index (χ3n) is 4.09. The van der Waals surface area contributed by atoms with Crippen molar-refractivity contribution in [1.82, 2.24) is 10.6 Å². The fraction of sp³-hybridized carbons (Fsp3) is 0.467. The number of halogens is 1. The molecule has 0 atom stereocenters. The van der Waals surface area contributed by atoms with Crippen LogP contribution in [0.1, 0.15) is 24.0 Å². The first-order valence-corrected chi connectivity index (χ1v) is 7.62. The van der Waals surface area contributed by atoms with Gasteiger partial charge in [0.15, 0.2) is 0 Å². The minimum absolute atomic E-state index is 0.0672. The quantitative estimate of drug-likeness (QED) is 0.789. The average molecular weight is 325 g/mol. The van der Waals surface area contributed by atoms with Gasteiger partial charge >= 0.3 is 12.0 Å². The highest BCUT2D eigenvalue weighted by Crippen LogP contribution is 2.32. The van der Waals surface area contributed by atoms with Crippen molar-refractivity contribution >= 4 is 23.6 Å². The summed E-state index contributed by atoms with van der Waals surface area (Å²) in [6, 6.07) is 3.30. The first-order chi connectivity index (χ1) is 10.5. The van der Waals surface area contributed by atoms with Gasteiger partial charge in [0.2, 0.25) is 0 Å². The van der Waals surface area contributed by atoms with Gasteiger partial charge in [-0.1, -0.05) is 11.6 Å². The number of rotatable bonds is 4. The third-order valence-corrected chi connectivity index (χ3v) is 4.31. The predicted molar refractivity (Wildman–Crippen MR) is 80.2 cm³/mol. The highest BCUT2D eigenvalue weighted by atomic mass is 35.5. The fourth-order valence-electron chi connectivity index (χ4n) is 2.83. The minimum atomic E-state index is -0.801. The molecule has 118 valence electrons. The molecule has 7 heteroatoms. The molecule has 0 bridgehead atoms. The number of hydrogen-bond acceptors (Lipinski definition) is 3. The van der Waals surface area contributed by atoms with Gasteiger partial charge in [0, 0.05) is 29.6 Å². The number of fused-ring (bicyclic) bond motifs is 1. The molecule has 3 rings (SSSR count). The van der Waals surface area contributed by atoms with Crippen LogP contribution in [0.15, 0.2) is 12.1 Å². The van der Waals surface area contributed by atoms with E-state index in [0.717, 1.165) is 23.3 Å². The van der Waals surface area contributed by atoms with Gasteiger partial charge in [0.1, 0.15) is 5.75 Å². The zero-order valence-electron chi connectivity index (χ0n) is 11.9. The van der Waals surface area contributed by atoms with Crippen molar-refractivity contribution in [2.24, 2.45) is 5.92 Å². The molecule has 0 aromatic heterocycles. The summed E-state index contributed by atoms with van der Waals surface area (Å²) in [7, 11) is 0. The molecule has 1 aromatic carbocycles. The van der Waals surface area contributed by atoms with Crippen molar-refractivity contribution in [2.75, 3.05) is 6.61 Å². The van der Waals surface area contributed by atoms with E-state index in [-0.39, 0.29) is 18.0 Å². The summed E-state index contributed by atoms with van der Waals surface area (Å²) >= 11 is 6.07. The number of ether oxygens (including phenoxy) is 1. The Morgan fingerprint density at radius 3 is 2.86 bits per heavy atom. The zero-order valence-corrected chi connectivity index (χ0v) is 12.7. The summed E-state index contributed by atoms with van der Waals surface area (Å²) < 4.78 is 5.58. The summed E-state index contributed by atoms with van der Waals surface area (Å²) in [6.07, 6.45) is 1.80. The molecule has 0 radical (unpaired) electrons. The standard InChI is InChI=1S/C15H17ClN2O4/c16-11-3-8-1-2-22-13(8)10(4-11)7-17-15(21)18-12-5-9(6-12)14(19)20/h3-4,9,12H,1-2,5-7H2,(H,19,20)(H2,17,18,21). The highest BCUT2D eigenvalue weighted by molar-refractivity contribution is 6.30. The number of benzene rings is 1. The molecule has 1 aliphatic carbocycles. The van der Waals surface area contributed by atoms with E-state index in [4.69, 9.17) is 21.4 Å². The first kappa shape index (κ1) is 15.0. The molecular formula is C15H17ClN2O4. The van der Waals surface area contributed by atoms with E-state index in [1.807, 2.05) is 6.07 Å². The van der Waals surface area contributed by atoms with Crippen molar-refractivity contribution in [3.8, 4) is 5.75 Å². The van der Waals surface area contributed by atoms with Gasteiger partial charge in [0.05, 0.1) is 12.5 Å². The normalized spacial score (nSPS) is 22.2. The summed E-state index contributed by atoms with van der Waals surface area (Å²) in [4.78, 5) is 22.5. The number of carbonyl (C=O) groups is 2. The summed E-state index contributed by atoms with van der Waals surface area (Å²) in [5.41, 5.74) is 1.92. The number of amides is 2. The molecule has 1 aromatic rings. The lowest BCUT2D eigenvalue weighted by atomic mass is 9.80. The molecule has 0 unspecified atom stereocenters. The second-order valence-corrected chi connectivity index (χ2v) is 6.12. The Bertz CT molecular complexity index is 614. The Kier molecular flexibility index (Phi) is 4.11. The van der Waals surface area contributed by atoms with Crippen molar-refractivity contribution in [3.05, 3.63) is 28.3 Å². The lowest BCUT2D eigenvalue weighted by Crippen LogP contribution is -2.49. The Morgan fingerprint density at radius 2 is 2.14 bits per heavy atom. The van der Waals surface area contributed by atoms with E-state index >= 15 is 0 Å². The zero-order chi connectivity index (χ0) is 15.7. The predicted octanol–water partition coefficient (Wildman–Crippen LogP) is 1.94. The second kappa shape index (κ2) is 6.04. The Labute approximate surface area is 132 Å². The molecular weight excluding hydrogens is 308 g/mol. The van der Waals surface area contributed by atoms with E-state index in [2.05, 4.69) is 10.6 Å². The molecule has 0 spiro atoms. The third kappa shape index (κ3) is 3.11. The largest absolute Gasteiger partial charge is 0.493 e. The van der Waals surface area contributed by atoms with Crippen LogP contribution < -0.4 is 15.4 Å². The van der Waals surface area contributed by atoms with Gasteiger partial charge in [-0.05, 0) is 30.5 Å². The molecule has 1 heterocycles. The molecule has 2 aliphatic rings. The number of carbonyl (C=O) groups excluding carboxylic acids is 1. The van der Waals surface area contributed by atoms with Crippen molar-refractivity contribution < 1.29 is 19.4 Å². The van der Waals surface area contributed by atoms with Crippen LogP contribution in [0.4, 0.5) is 4.79 Å². The minimum Gasteiger partial charge on any atom is -0.493 e. The summed E-state index contributed by atoms with van der Waals surface area (Å²) in [6.45, 7) is 0.956. The van der Waals surface area contributed by atoms with E-state index in [1.54, 1.807) is 6.07 Å². The van der Waals surface area contributed by atoms with Crippen LogP contribution in [0.3, 0.4) is 0 Å². The van der Waals surface area contributed by atoms with Crippen LogP contribution in [0.5, 0.6) is 5.75 Å². The smallest absolute Gasteiger partial charge is 0.315 e. The maximum absolute atomic E-state index is 11.8. The topological polar surface area (TPSA) is 87.7 Å². The molecule has 2 amide bonds.